The number of ether oxygens (including phenoxy) is 2. The van der Waals surface area contributed by atoms with Crippen molar-refractivity contribution in [2.24, 2.45) is 0 Å². The zero-order chi connectivity index (χ0) is 11.3. The molecule has 3 heteroatoms. The maximum absolute atomic E-state index is 11.6. The van der Waals surface area contributed by atoms with Crippen LogP contribution >= 0.6 is 0 Å². The Balaban J connectivity index is 3.06. The number of rotatable bonds is 5. The number of hydrogen-bond acceptors (Lipinski definition) is 3. The summed E-state index contributed by atoms with van der Waals surface area (Å²) >= 11 is 0. The summed E-state index contributed by atoms with van der Waals surface area (Å²) in [6.45, 7) is 3.53. The third kappa shape index (κ3) is 2.59. The Hall–Kier alpha value is -1.77. The number of Topliss-reactive ketones (excluding diaryl/α,β-unsaturated/α-hetero) is 1. The second-order valence-electron chi connectivity index (χ2n) is 2.98. The molecule has 0 aromatic heterocycles. The topological polar surface area (TPSA) is 35.5 Å². The maximum Gasteiger partial charge on any atom is 0.170 e. The van der Waals surface area contributed by atoms with Crippen molar-refractivity contribution in [3.05, 3.63) is 36.4 Å². The van der Waals surface area contributed by atoms with Gasteiger partial charge in [-0.05, 0) is 12.1 Å². The summed E-state index contributed by atoms with van der Waals surface area (Å²) in [5.41, 5.74) is 0.554. The monoisotopic (exact) mass is 206 g/mol. The minimum atomic E-state index is -0.00972. The van der Waals surface area contributed by atoms with Crippen molar-refractivity contribution in [3.8, 4) is 11.5 Å². The fourth-order valence-electron chi connectivity index (χ4n) is 1.27. The lowest BCUT2D eigenvalue weighted by Gasteiger charge is -2.08. The van der Waals surface area contributed by atoms with Crippen LogP contribution < -0.4 is 9.47 Å². The van der Waals surface area contributed by atoms with Crippen molar-refractivity contribution in [2.75, 3.05) is 14.2 Å². The Kier molecular flexibility index (Phi) is 3.92. The molecule has 15 heavy (non-hydrogen) atoms. The molecule has 0 aliphatic heterocycles. The summed E-state index contributed by atoms with van der Waals surface area (Å²) in [4.78, 5) is 11.6. The molecule has 0 heterocycles. The largest absolute Gasteiger partial charge is 0.497 e. The molecule has 1 rings (SSSR count). The maximum atomic E-state index is 11.6. The van der Waals surface area contributed by atoms with Gasteiger partial charge in [0, 0.05) is 12.5 Å². The molecule has 0 N–H and O–H groups in total. The van der Waals surface area contributed by atoms with Gasteiger partial charge in [-0.15, -0.1) is 6.58 Å². The first kappa shape index (κ1) is 11.3. The van der Waals surface area contributed by atoms with Crippen LogP contribution in [0.1, 0.15) is 16.8 Å². The summed E-state index contributed by atoms with van der Waals surface area (Å²) in [5, 5.41) is 0. The normalized spacial score (nSPS) is 9.47. The Morgan fingerprint density at radius 1 is 1.40 bits per heavy atom. The van der Waals surface area contributed by atoms with Crippen LogP contribution in [0.4, 0.5) is 0 Å². The van der Waals surface area contributed by atoms with Crippen LogP contribution in [0.2, 0.25) is 0 Å². The van der Waals surface area contributed by atoms with E-state index in [2.05, 4.69) is 6.58 Å². The van der Waals surface area contributed by atoms with E-state index in [9.17, 15) is 4.79 Å². The fraction of sp³-hybridized carbons (Fsp3) is 0.250. The Morgan fingerprint density at radius 2 is 2.13 bits per heavy atom. The third-order valence-corrected chi connectivity index (χ3v) is 2.04. The van der Waals surface area contributed by atoms with Gasteiger partial charge in [-0.3, -0.25) is 4.79 Å². The van der Waals surface area contributed by atoms with E-state index in [-0.39, 0.29) is 5.78 Å². The first-order chi connectivity index (χ1) is 7.22. The van der Waals surface area contributed by atoms with E-state index in [1.807, 2.05) is 0 Å². The average Bonchev–Trinajstić information content (AvgIpc) is 2.28. The van der Waals surface area contributed by atoms with E-state index >= 15 is 0 Å². The van der Waals surface area contributed by atoms with Crippen LogP contribution in [0, 0.1) is 0 Å². The fourth-order valence-corrected chi connectivity index (χ4v) is 1.27. The second-order valence-corrected chi connectivity index (χ2v) is 2.98. The lowest BCUT2D eigenvalue weighted by molar-refractivity contribution is 0.0993. The summed E-state index contributed by atoms with van der Waals surface area (Å²) in [7, 11) is 3.10. The van der Waals surface area contributed by atoms with Crippen LogP contribution in [-0.2, 0) is 0 Å². The highest BCUT2D eigenvalue weighted by Gasteiger charge is 2.11. The average molecular weight is 206 g/mol. The summed E-state index contributed by atoms with van der Waals surface area (Å²) in [5.74, 6) is 1.19. The van der Waals surface area contributed by atoms with Gasteiger partial charge >= 0.3 is 0 Å². The smallest absolute Gasteiger partial charge is 0.170 e. The van der Waals surface area contributed by atoms with Gasteiger partial charge in [0.25, 0.3) is 0 Å². The van der Waals surface area contributed by atoms with Crippen molar-refractivity contribution in [2.45, 2.75) is 6.42 Å². The molecule has 0 aliphatic rings. The molecule has 0 atom stereocenters. The van der Waals surface area contributed by atoms with Gasteiger partial charge < -0.3 is 9.47 Å². The molecule has 0 unspecified atom stereocenters. The second kappa shape index (κ2) is 5.20. The minimum absolute atomic E-state index is 0.00972. The van der Waals surface area contributed by atoms with Gasteiger partial charge in [0.2, 0.25) is 0 Å². The van der Waals surface area contributed by atoms with Crippen LogP contribution in [-0.4, -0.2) is 20.0 Å². The molecule has 1 aromatic carbocycles. The molecule has 0 radical (unpaired) electrons. The number of hydrogen-bond donors (Lipinski definition) is 0. The van der Waals surface area contributed by atoms with E-state index < -0.39 is 0 Å². The van der Waals surface area contributed by atoms with Gasteiger partial charge in [-0.25, -0.2) is 0 Å². The summed E-state index contributed by atoms with van der Waals surface area (Å²) < 4.78 is 10.2. The van der Waals surface area contributed by atoms with Gasteiger partial charge in [-0.2, -0.15) is 0 Å². The summed E-state index contributed by atoms with van der Waals surface area (Å²) in [6, 6.07) is 5.12. The molecule has 0 amide bonds. The zero-order valence-electron chi connectivity index (χ0n) is 8.95. The molecule has 0 fully saturated rings. The van der Waals surface area contributed by atoms with Gasteiger partial charge in [0.15, 0.2) is 5.78 Å². The molecular weight excluding hydrogens is 192 g/mol. The van der Waals surface area contributed by atoms with E-state index in [1.165, 1.54) is 7.11 Å². The molecular formula is C12H14O3. The predicted molar refractivity (Wildman–Crippen MR) is 58.7 cm³/mol. The van der Waals surface area contributed by atoms with Gasteiger partial charge in [0.1, 0.15) is 11.5 Å². The number of ketones is 1. The predicted octanol–water partition coefficient (Wildman–Crippen LogP) is 2.46. The molecule has 1 aromatic rings. The minimum Gasteiger partial charge on any atom is -0.497 e. The molecule has 0 saturated heterocycles. The van der Waals surface area contributed by atoms with Crippen molar-refractivity contribution in [1.82, 2.24) is 0 Å². The Labute approximate surface area is 89.3 Å². The number of allylic oxidation sites excluding steroid dienone is 1. The molecule has 0 saturated carbocycles. The molecule has 0 aliphatic carbocycles. The van der Waals surface area contributed by atoms with Crippen LogP contribution in [0.5, 0.6) is 11.5 Å². The zero-order valence-corrected chi connectivity index (χ0v) is 8.95. The lowest BCUT2D eigenvalue weighted by atomic mass is 10.1. The number of methoxy groups -OCH3 is 2. The van der Waals surface area contributed by atoms with Crippen LogP contribution in [0.3, 0.4) is 0 Å². The number of carbonyl (C=O) groups is 1. The Morgan fingerprint density at radius 3 is 2.67 bits per heavy atom. The Bertz CT molecular complexity index is 369. The van der Waals surface area contributed by atoms with Crippen molar-refractivity contribution in [1.29, 1.82) is 0 Å². The van der Waals surface area contributed by atoms with Crippen LogP contribution in [0.25, 0.3) is 0 Å². The standard InChI is InChI=1S/C12H14O3/c1-4-5-11(13)10-7-6-9(14-2)8-12(10)15-3/h4,6-8H,1,5H2,2-3H3. The van der Waals surface area contributed by atoms with Crippen molar-refractivity contribution >= 4 is 5.78 Å². The van der Waals surface area contributed by atoms with Crippen molar-refractivity contribution < 1.29 is 14.3 Å². The van der Waals surface area contributed by atoms with E-state index in [4.69, 9.17) is 9.47 Å². The van der Waals surface area contributed by atoms with E-state index in [0.29, 0.717) is 23.5 Å². The highest BCUT2D eigenvalue weighted by Crippen LogP contribution is 2.25. The van der Waals surface area contributed by atoms with Gasteiger partial charge in [0.05, 0.1) is 19.8 Å². The van der Waals surface area contributed by atoms with Gasteiger partial charge in [-0.1, -0.05) is 6.08 Å². The molecule has 3 nitrogen and oxygen atoms in total. The molecule has 0 spiro atoms. The van der Waals surface area contributed by atoms with E-state index in [0.717, 1.165) is 0 Å². The first-order valence-electron chi connectivity index (χ1n) is 4.59. The molecule has 0 bridgehead atoms. The molecule has 80 valence electrons. The third-order valence-electron chi connectivity index (χ3n) is 2.04. The highest BCUT2D eigenvalue weighted by molar-refractivity contribution is 5.99. The summed E-state index contributed by atoms with van der Waals surface area (Å²) in [6.07, 6.45) is 1.88. The number of carbonyl (C=O) groups excluding carboxylic acids is 1. The highest BCUT2D eigenvalue weighted by atomic mass is 16.5. The van der Waals surface area contributed by atoms with Crippen molar-refractivity contribution in [3.63, 3.8) is 0 Å². The van der Waals surface area contributed by atoms with Crippen LogP contribution in [0.15, 0.2) is 30.9 Å². The first-order valence-corrected chi connectivity index (χ1v) is 4.59. The quantitative estimate of drug-likeness (QED) is 0.548. The SMILES string of the molecule is C=CCC(=O)c1ccc(OC)cc1OC. The lowest BCUT2D eigenvalue weighted by Crippen LogP contribution is -2.01. The van der Waals surface area contributed by atoms with E-state index in [1.54, 1.807) is 31.4 Å². The number of benzene rings is 1.